The smallest absolute Gasteiger partial charge is 0.330 e. The number of aromatic nitrogens is 2. The molecule has 1 fully saturated rings. The lowest BCUT2D eigenvalue weighted by atomic mass is 10.2. The van der Waals surface area contributed by atoms with E-state index in [4.69, 9.17) is 9.15 Å². The van der Waals surface area contributed by atoms with Crippen LogP contribution in [0.25, 0.3) is 0 Å². The van der Waals surface area contributed by atoms with Gasteiger partial charge in [-0.15, -0.1) is 0 Å². The van der Waals surface area contributed by atoms with Crippen molar-refractivity contribution in [1.29, 1.82) is 0 Å². The van der Waals surface area contributed by atoms with Gasteiger partial charge in [-0.3, -0.25) is 14.3 Å². The van der Waals surface area contributed by atoms with Gasteiger partial charge in [0.15, 0.2) is 0 Å². The van der Waals surface area contributed by atoms with Gasteiger partial charge in [0.2, 0.25) is 0 Å². The number of ether oxygens (including phenoxy) is 1. The summed E-state index contributed by atoms with van der Waals surface area (Å²) in [5, 5.41) is 13.3. The number of aromatic amines is 1. The fourth-order valence-corrected chi connectivity index (χ4v) is 2.62. The monoisotopic (exact) mass is 321 g/mol. The summed E-state index contributed by atoms with van der Waals surface area (Å²) in [6.07, 6.45) is 1.62. The lowest BCUT2D eigenvalue weighted by molar-refractivity contribution is -0.0195. The molecule has 1 aliphatic heterocycles. The van der Waals surface area contributed by atoms with E-state index >= 15 is 0 Å². The fraction of sp³-hybridized carbons (Fsp3) is 0.467. The first-order chi connectivity index (χ1) is 11.0. The van der Waals surface area contributed by atoms with E-state index in [1.54, 1.807) is 19.3 Å². The van der Waals surface area contributed by atoms with Crippen molar-refractivity contribution < 1.29 is 14.3 Å². The summed E-state index contributed by atoms with van der Waals surface area (Å²) in [6, 6.07) is 3.66. The van der Waals surface area contributed by atoms with Crippen molar-refractivity contribution in [3.63, 3.8) is 0 Å². The third-order valence-electron chi connectivity index (χ3n) is 3.89. The zero-order valence-corrected chi connectivity index (χ0v) is 12.7. The molecule has 0 amide bonds. The third kappa shape index (κ3) is 3.44. The van der Waals surface area contributed by atoms with Gasteiger partial charge in [-0.1, -0.05) is 0 Å². The molecule has 0 unspecified atom stereocenters. The number of aliphatic hydroxyl groups is 1. The molecule has 0 aliphatic carbocycles. The Morgan fingerprint density at radius 2 is 2.30 bits per heavy atom. The van der Waals surface area contributed by atoms with Gasteiger partial charge in [0.05, 0.1) is 25.0 Å². The molecule has 3 atom stereocenters. The summed E-state index contributed by atoms with van der Waals surface area (Å²) < 4.78 is 12.3. The highest BCUT2D eigenvalue weighted by molar-refractivity contribution is 5.02. The Bertz CT molecular complexity index is 764. The number of H-pyrrole nitrogens is 1. The van der Waals surface area contributed by atoms with Crippen LogP contribution in [0.3, 0.4) is 0 Å². The zero-order chi connectivity index (χ0) is 16.4. The molecule has 3 N–H and O–H groups in total. The van der Waals surface area contributed by atoms with E-state index in [2.05, 4.69) is 10.3 Å². The summed E-state index contributed by atoms with van der Waals surface area (Å²) >= 11 is 0. The van der Waals surface area contributed by atoms with Crippen molar-refractivity contribution in [2.75, 3.05) is 6.54 Å². The van der Waals surface area contributed by atoms with Crippen molar-refractivity contribution in [3.05, 3.63) is 56.8 Å². The van der Waals surface area contributed by atoms with Crippen LogP contribution < -0.4 is 16.6 Å². The summed E-state index contributed by atoms with van der Waals surface area (Å²) in [6.45, 7) is 2.57. The van der Waals surface area contributed by atoms with Crippen molar-refractivity contribution in [1.82, 2.24) is 14.9 Å². The van der Waals surface area contributed by atoms with Crippen LogP contribution in [0.2, 0.25) is 0 Å². The van der Waals surface area contributed by atoms with E-state index in [-0.39, 0.29) is 0 Å². The standard InChI is InChI=1S/C15H19N3O5/c1-9-8-18(15(21)17-14(9)20)13-5-11(19)12(23-13)7-16-6-10-3-2-4-22-10/h2-4,8,11-13,16,19H,5-7H2,1H3,(H,17,20,21)/t11-,12+,13+/m0/s1. The molecular formula is C15H19N3O5. The second kappa shape index (κ2) is 6.53. The Labute approximate surface area is 131 Å². The number of nitrogens with zero attached hydrogens (tertiary/aromatic N) is 1. The Morgan fingerprint density at radius 1 is 1.48 bits per heavy atom. The number of rotatable bonds is 5. The molecule has 0 saturated carbocycles. The molecular weight excluding hydrogens is 302 g/mol. The topological polar surface area (TPSA) is 109 Å². The molecule has 8 heteroatoms. The predicted molar refractivity (Wildman–Crippen MR) is 81.0 cm³/mol. The molecule has 0 aromatic carbocycles. The summed E-state index contributed by atoms with van der Waals surface area (Å²) in [5.74, 6) is 0.793. The summed E-state index contributed by atoms with van der Waals surface area (Å²) in [4.78, 5) is 25.5. The molecule has 0 radical (unpaired) electrons. The minimum atomic E-state index is -0.691. The predicted octanol–water partition coefficient (Wildman–Crippen LogP) is -0.124. The van der Waals surface area contributed by atoms with Gasteiger partial charge in [-0.25, -0.2) is 4.79 Å². The number of aliphatic hydroxyl groups excluding tert-OH is 1. The van der Waals surface area contributed by atoms with Gasteiger partial charge >= 0.3 is 5.69 Å². The van der Waals surface area contributed by atoms with Crippen molar-refractivity contribution >= 4 is 0 Å². The van der Waals surface area contributed by atoms with E-state index in [1.807, 2.05) is 6.07 Å². The average Bonchev–Trinajstić information content (AvgIpc) is 3.13. The SMILES string of the molecule is Cc1cn([C@H]2C[C@H](O)[C@@H](CNCc3ccco3)O2)c(=O)[nH]c1=O. The molecule has 23 heavy (non-hydrogen) atoms. The van der Waals surface area contributed by atoms with E-state index in [1.165, 1.54) is 10.8 Å². The maximum atomic E-state index is 11.9. The quantitative estimate of drug-likeness (QED) is 0.708. The number of hydrogen-bond acceptors (Lipinski definition) is 6. The molecule has 8 nitrogen and oxygen atoms in total. The van der Waals surface area contributed by atoms with Crippen LogP contribution >= 0.6 is 0 Å². The van der Waals surface area contributed by atoms with Crippen LogP contribution in [-0.2, 0) is 11.3 Å². The molecule has 2 aromatic heterocycles. The Morgan fingerprint density at radius 3 is 3.04 bits per heavy atom. The maximum Gasteiger partial charge on any atom is 0.330 e. The minimum absolute atomic E-state index is 0.290. The van der Waals surface area contributed by atoms with Crippen LogP contribution in [0.15, 0.2) is 38.6 Å². The van der Waals surface area contributed by atoms with Crippen LogP contribution in [0.1, 0.15) is 24.0 Å². The first kappa shape index (κ1) is 15.7. The van der Waals surface area contributed by atoms with Gasteiger partial charge in [-0.2, -0.15) is 0 Å². The van der Waals surface area contributed by atoms with Crippen LogP contribution in [-0.4, -0.2) is 33.4 Å². The zero-order valence-electron chi connectivity index (χ0n) is 12.7. The van der Waals surface area contributed by atoms with E-state index in [0.717, 1.165) is 5.76 Å². The molecule has 3 rings (SSSR count). The lowest BCUT2D eigenvalue weighted by Gasteiger charge is -2.16. The molecule has 1 saturated heterocycles. The van der Waals surface area contributed by atoms with Crippen molar-refractivity contribution in [2.24, 2.45) is 0 Å². The number of hydrogen-bond donors (Lipinski definition) is 3. The second-order valence-electron chi connectivity index (χ2n) is 5.62. The lowest BCUT2D eigenvalue weighted by Crippen LogP contribution is -2.35. The van der Waals surface area contributed by atoms with Gasteiger partial charge < -0.3 is 19.6 Å². The van der Waals surface area contributed by atoms with Crippen molar-refractivity contribution in [2.45, 2.75) is 38.3 Å². The Hall–Kier alpha value is -2.16. The Kier molecular flexibility index (Phi) is 4.46. The van der Waals surface area contributed by atoms with Gasteiger partial charge in [0.1, 0.15) is 12.0 Å². The highest BCUT2D eigenvalue weighted by Gasteiger charge is 2.35. The van der Waals surface area contributed by atoms with E-state index < -0.39 is 29.7 Å². The summed E-state index contributed by atoms with van der Waals surface area (Å²) in [7, 11) is 0. The molecule has 0 spiro atoms. The van der Waals surface area contributed by atoms with Crippen LogP contribution in [0.4, 0.5) is 0 Å². The molecule has 3 heterocycles. The fourth-order valence-electron chi connectivity index (χ4n) is 2.62. The average molecular weight is 321 g/mol. The number of aryl methyl sites for hydroxylation is 1. The third-order valence-corrected chi connectivity index (χ3v) is 3.89. The first-order valence-electron chi connectivity index (χ1n) is 7.43. The van der Waals surface area contributed by atoms with Gasteiger partial charge in [0, 0.05) is 24.7 Å². The maximum absolute atomic E-state index is 11.9. The summed E-state index contributed by atoms with van der Waals surface area (Å²) in [5.41, 5.74) is -0.537. The van der Waals surface area contributed by atoms with Crippen LogP contribution in [0, 0.1) is 6.92 Å². The minimum Gasteiger partial charge on any atom is -0.468 e. The van der Waals surface area contributed by atoms with Crippen molar-refractivity contribution in [3.8, 4) is 0 Å². The first-order valence-corrected chi connectivity index (χ1v) is 7.43. The van der Waals surface area contributed by atoms with E-state index in [9.17, 15) is 14.7 Å². The molecule has 1 aliphatic rings. The highest BCUT2D eigenvalue weighted by atomic mass is 16.5. The largest absolute Gasteiger partial charge is 0.468 e. The highest BCUT2D eigenvalue weighted by Crippen LogP contribution is 2.27. The normalized spacial score (nSPS) is 24.2. The molecule has 0 bridgehead atoms. The molecule has 124 valence electrons. The number of nitrogens with one attached hydrogen (secondary N) is 2. The Balaban J connectivity index is 1.63. The van der Waals surface area contributed by atoms with E-state index in [0.29, 0.717) is 25.1 Å². The molecule has 2 aromatic rings. The van der Waals surface area contributed by atoms with Gasteiger partial charge in [0.25, 0.3) is 5.56 Å². The van der Waals surface area contributed by atoms with Crippen LogP contribution in [0.5, 0.6) is 0 Å². The number of furan rings is 1. The second-order valence-corrected chi connectivity index (χ2v) is 5.62. The van der Waals surface area contributed by atoms with Gasteiger partial charge in [-0.05, 0) is 19.1 Å².